The molecule has 0 bridgehead atoms. The molecule has 17 heavy (non-hydrogen) atoms. The van der Waals surface area contributed by atoms with E-state index < -0.39 is 0 Å². The van der Waals surface area contributed by atoms with Crippen molar-refractivity contribution in [3.05, 3.63) is 47.8 Å². The zero-order chi connectivity index (χ0) is 11.8. The van der Waals surface area contributed by atoms with Crippen molar-refractivity contribution in [2.24, 2.45) is 0 Å². The van der Waals surface area contributed by atoms with Crippen LogP contribution < -0.4 is 0 Å². The highest BCUT2D eigenvalue weighted by molar-refractivity contribution is 7.17. The molecule has 3 rings (SSSR count). The van der Waals surface area contributed by atoms with E-state index in [-0.39, 0.29) is 5.75 Å². The van der Waals surface area contributed by atoms with Crippen LogP contribution in [0, 0.1) is 0 Å². The summed E-state index contributed by atoms with van der Waals surface area (Å²) in [6.07, 6.45) is 0. The van der Waals surface area contributed by atoms with Crippen molar-refractivity contribution in [2.45, 2.75) is 0 Å². The van der Waals surface area contributed by atoms with Crippen molar-refractivity contribution >= 4 is 21.4 Å². The van der Waals surface area contributed by atoms with Crippen LogP contribution in [0.5, 0.6) is 11.5 Å². The predicted molar refractivity (Wildman–Crippen MR) is 70.6 cm³/mol. The van der Waals surface area contributed by atoms with E-state index in [4.69, 9.17) is 0 Å². The lowest BCUT2D eigenvalue weighted by Crippen LogP contribution is -1.78. The molecule has 1 aromatic heterocycles. The molecule has 0 atom stereocenters. The molecule has 1 heterocycles. The van der Waals surface area contributed by atoms with E-state index in [1.54, 1.807) is 18.2 Å². The van der Waals surface area contributed by atoms with Gasteiger partial charge >= 0.3 is 0 Å². The number of benzene rings is 2. The molecule has 2 N–H and O–H groups in total. The van der Waals surface area contributed by atoms with E-state index in [1.807, 2.05) is 29.6 Å². The summed E-state index contributed by atoms with van der Waals surface area (Å²) in [5.74, 6) is 0.576. The van der Waals surface area contributed by atoms with Gasteiger partial charge < -0.3 is 10.2 Å². The number of thiophene rings is 1. The summed E-state index contributed by atoms with van der Waals surface area (Å²) in [6.45, 7) is 0. The summed E-state index contributed by atoms with van der Waals surface area (Å²) >= 11 is 1.53. The molecular weight excluding hydrogens is 232 g/mol. The number of phenolic OH excluding ortho intramolecular Hbond substituents is 2. The van der Waals surface area contributed by atoms with Crippen LogP contribution in [0.4, 0.5) is 0 Å². The van der Waals surface area contributed by atoms with Crippen molar-refractivity contribution in [1.82, 2.24) is 0 Å². The summed E-state index contributed by atoms with van der Waals surface area (Å²) < 4.78 is 0.899. The minimum Gasteiger partial charge on any atom is -0.508 e. The van der Waals surface area contributed by atoms with E-state index in [9.17, 15) is 10.2 Å². The summed E-state index contributed by atoms with van der Waals surface area (Å²) in [6, 6.07) is 12.7. The SMILES string of the molecule is Oc1ccc(-c2ccc(O)c3sccc23)cc1. The second-order valence-electron chi connectivity index (χ2n) is 3.84. The smallest absolute Gasteiger partial charge is 0.133 e. The van der Waals surface area contributed by atoms with E-state index in [1.165, 1.54) is 11.3 Å². The molecule has 0 amide bonds. The second-order valence-corrected chi connectivity index (χ2v) is 4.76. The zero-order valence-corrected chi connectivity index (χ0v) is 9.74. The van der Waals surface area contributed by atoms with Gasteiger partial charge in [-0.25, -0.2) is 0 Å². The number of phenols is 2. The lowest BCUT2D eigenvalue weighted by Gasteiger charge is -2.05. The molecule has 3 aromatic rings. The summed E-state index contributed by atoms with van der Waals surface area (Å²) in [5, 5.41) is 22.0. The Labute approximate surface area is 102 Å². The van der Waals surface area contributed by atoms with Crippen LogP contribution in [0.2, 0.25) is 0 Å². The molecule has 0 saturated heterocycles. The maximum atomic E-state index is 9.75. The molecule has 0 unspecified atom stereocenters. The first-order valence-corrected chi connectivity index (χ1v) is 6.12. The Hall–Kier alpha value is -2.00. The largest absolute Gasteiger partial charge is 0.508 e. The number of rotatable bonds is 1. The highest BCUT2D eigenvalue weighted by Gasteiger charge is 2.08. The highest BCUT2D eigenvalue weighted by atomic mass is 32.1. The third-order valence-electron chi connectivity index (χ3n) is 2.77. The molecule has 0 spiro atoms. The van der Waals surface area contributed by atoms with Crippen molar-refractivity contribution in [2.75, 3.05) is 0 Å². The molecule has 0 saturated carbocycles. The minimum atomic E-state index is 0.258. The fourth-order valence-corrected chi connectivity index (χ4v) is 2.77. The minimum absolute atomic E-state index is 0.258. The fourth-order valence-electron chi connectivity index (χ4n) is 1.94. The first-order valence-electron chi connectivity index (χ1n) is 5.24. The summed E-state index contributed by atoms with van der Waals surface area (Å²) in [5.41, 5.74) is 2.10. The molecule has 84 valence electrons. The first kappa shape index (κ1) is 10.2. The molecule has 0 aliphatic carbocycles. The maximum Gasteiger partial charge on any atom is 0.133 e. The van der Waals surface area contributed by atoms with E-state index >= 15 is 0 Å². The Kier molecular flexibility index (Phi) is 2.27. The Balaban J connectivity index is 2.27. The average molecular weight is 242 g/mol. The van der Waals surface area contributed by atoms with Gasteiger partial charge in [-0.05, 0) is 46.8 Å². The Morgan fingerprint density at radius 1 is 0.824 bits per heavy atom. The van der Waals surface area contributed by atoms with Gasteiger partial charge in [-0.2, -0.15) is 0 Å². The van der Waals surface area contributed by atoms with Gasteiger partial charge in [-0.1, -0.05) is 12.1 Å². The fraction of sp³-hybridized carbons (Fsp3) is 0. The van der Waals surface area contributed by atoms with Crippen LogP contribution in [-0.2, 0) is 0 Å². The molecular formula is C14H10O2S. The topological polar surface area (TPSA) is 40.5 Å². The highest BCUT2D eigenvalue weighted by Crippen LogP contribution is 2.37. The maximum absolute atomic E-state index is 9.75. The van der Waals surface area contributed by atoms with Crippen LogP contribution >= 0.6 is 11.3 Å². The van der Waals surface area contributed by atoms with Gasteiger partial charge in [0.1, 0.15) is 11.5 Å². The van der Waals surface area contributed by atoms with Gasteiger partial charge in [0.2, 0.25) is 0 Å². The number of hydrogen-bond donors (Lipinski definition) is 2. The molecule has 0 fully saturated rings. The van der Waals surface area contributed by atoms with Gasteiger partial charge in [0, 0.05) is 5.39 Å². The van der Waals surface area contributed by atoms with E-state index in [0.29, 0.717) is 5.75 Å². The first-order chi connectivity index (χ1) is 8.25. The van der Waals surface area contributed by atoms with Gasteiger partial charge in [-0.3, -0.25) is 0 Å². The third kappa shape index (κ3) is 1.65. The van der Waals surface area contributed by atoms with Crippen LogP contribution in [0.1, 0.15) is 0 Å². The van der Waals surface area contributed by atoms with Gasteiger partial charge in [-0.15, -0.1) is 11.3 Å². The lowest BCUT2D eigenvalue weighted by molar-refractivity contribution is 0.475. The Morgan fingerprint density at radius 3 is 2.35 bits per heavy atom. The number of aromatic hydroxyl groups is 2. The van der Waals surface area contributed by atoms with E-state index in [2.05, 4.69) is 0 Å². The van der Waals surface area contributed by atoms with Gasteiger partial charge in [0.05, 0.1) is 4.70 Å². The zero-order valence-electron chi connectivity index (χ0n) is 8.92. The normalized spacial score (nSPS) is 10.8. The lowest BCUT2D eigenvalue weighted by atomic mass is 10.0. The molecule has 3 heteroatoms. The predicted octanol–water partition coefficient (Wildman–Crippen LogP) is 3.98. The second kappa shape index (κ2) is 3.79. The van der Waals surface area contributed by atoms with Crippen LogP contribution in [0.15, 0.2) is 47.8 Å². The molecule has 2 nitrogen and oxygen atoms in total. The molecule has 0 radical (unpaired) electrons. The Bertz CT molecular complexity index is 668. The third-order valence-corrected chi connectivity index (χ3v) is 3.71. The standard InChI is InChI=1S/C14H10O2S/c15-10-3-1-9(2-4-10)11-5-6-13(16)14-12(11)7-8-17-14/h1-8,15-16H. The monoisotopic (exact) mass is 242 g/mol. The van der Waals surface area contributed by atoms with Crippen molar-refractivity contribution in [3.8, 4) is 22.6 Å². The van der Waals surface area contributed by atoms with Crippen molar-refractivity contribution in [1.29, 1.82) is 0 Å². The molecule has 0 aliphatic rings. The van der Waals surface area contributed by atoms with Crippen LogP contribution in [0.25, 0.3) is 21.2 Å². The summed E-state index contributed by atoms with van der Waals surface area (Å²) in [7, 11) is 0. The van der Waals surface area contributed by atoms with Crippen LogP contribution in [-0.4, -0.2) is 10.2 Å². The molecule has 2 aromatic carbocycles. The van der Waals surface area contributed by atoms with Crippen LogP contribution in [0.3, 0.4) is 0 Å². The Morgan fingerprint density at radius 2 is 1.59 bits per heavy atom. The van der Waals surface area contributed by atoms with Gasteiger partial charge in [0.15, 0.2) is 0 Å². The quantitative estimate of drug-likeness (QED) is 0.677. The van der Waals surface area contributed by atoms with Gasteiger partial charge in [0.25, 0.3) is 0 Å². The molecule has 0 aliphatic heterocycles. The summed E-state index contributed by atoms with van der Waals surface area (Å²) in [4.78, 5) is 0. The van der Waals surface area contributed by atoms with Crippen molar-refractivity contribution < 1.29 is 10.2 Å². The number of fused-ring (bicyclic) bond motifs is 1. The average Bonchev–Trinajstić information content (AvgIpc) is 2.81. The number of hydrogen-bond acceptors (Lipinski definition) is 3. The van der Waals surface area contributed by atoms with Crippen molar-refractivity contribution in [3.63, 3.8) is 0 Å². The van der Waals surface area contributed by atoms with E-state index in [0.717, 1.165) is 21.2 Å².